The Hall–Kier alpha value is -1.20. The largest absolute Gasteiger partial charge is 0.396 e. The van der Waals surface area contributed by atoms with E-state index in [9.17, 15) is 0 Å². The van der Waals surface area contributed by atoms with Gasteiger partial charge < -0.3 is 14.7 Å². The van der Waals surface area contributed by atoms with Crippen LogP contribution in [0, 0.1) is 6.92 Å². The highest BCUT2D eigenvalue weighted by atomic mass is 16.5. The Morgan fingerprint density at radius 3 is 3.25 bits per heavy atom. The minimum absolute atomic E-state index is 0.163. The van der Waals surface area contributed by atoms with Crippen molar-refractivity contribution >= 4 is 5.95 Å². The molecule has 1 atom stereocenters. The molecule has 5 heteroatoms. The SMILES string of the molecule is Cc1ccnc(N2CCOCC2CCO)n1. The summed E-state index contributed by atoms with van der Waals surface area (Å²) < 4.78 is 5.41. The average Bonchev–Trinajstić information content (AvgIpc) is 2.30. The molecule has 1 N–H and O–H groups in total. The van der Waals surface area contributed by atoms with Crippen molar-refractivity contribution in [3.8, 4) is 0 Å². The molecule has 0 spiro atoms. The van der Waals surface area contributed by atoms with E-state index in [-0.39, 0.29) is 12.6 Å². The number of aromatic nitrogens is 2. The van der Waals surface area contributed by atoms with E-state index in [0.29, 0.717) is 19.6 Å². The van der Waals surface area contributed by atoms with Crippen LogP contribution in [0.2, 0.25) is 0 Å². The minimum atomic E-state index is 0.163. The topological polar surface area (TPSA) is 58.5 Å². The molecule has 16 heavy (non-hydrogen) atoms. The number of ether oxygens (including phenoxy) is 1. The van der Waals surface area contributed by atoms with Gasteiger partial charge >= 0.3 is 0 Å². The zero-order valence-electron chi connectivity index (χ0n) is 9.46. The van der Waals surface area contributed by atoms with Gasteiger partial charge in [-0.15, -0.1) is 0 Å². The summed E-state index contributed by atoms with van der Waals surface area (Å²) in [6.45, 7) is 4.23. The predicted molar refractivity (Wildman–Crippen MR) is 60.4 cm³/mol. The number of morpholine rings is 1. The number of nitrogens with zero attached hydrogens (tertiary/aromatic N) is 3. The van der Waals surface area contributed by atoms with Gasteiger partial charge in [0.1, 0.15) is 0 Å². The van der Waals surface area contributed by atoms with E-state index >= 15 is 0 Å². The molecule has 2 heterocycles. The molecule has 1 aromatic rings. The summed E-state index contributed by atoms with van der Waals surface area (Å²) in [5, 5.41) is 9.01. The molecular weight excluding hydrogens is 206 g/mol. The first kappa shape index (κ1) is 11.3. The van der Waals surface area contributed by atoms with Gasteiger partial charge in [-0.3, -0.25) is 0 Å². The van der Waals surface area contributed by atoms with Gasteiger partial charge in [-0.25, -0.2) is 9.97 Å². The Labute approximate surface area is 95.1 Å². The molecule has 0 amide bonds. The number of anilines is 1. The molecule has 0 radical (unpaired) electrons. The zero-order valence-corrected chi connectivity index (χ0v) is 9.46. The molecule has 1 fully saturated rings. The van der Waals surface area contributed by atoms with Gasteiger partial charge in [0, 0.05) is 25.0 Å². The average molecular weight is 223 g/mol. The van der Waals surface area contributed by atoms with Crippen molar-refractivity contribution in [1.29, 1.82) is 0 Å². The van der Waals surface area contributed by atoms with Gasteiger partial charge in [0.2, 0.25) is 5.95 Å². The van der Waals surface area contributed by atoms with E-state index in [2.05, 4.69) is 14.9 Å². The first-order valence-corrected chi connectivity index (χ1v) is 5.56. The summed E-state index contributed by atoms with van der Waals surface area (Å²) in [6.07, 6.45) is 2.46. The third-order valence-corrected chi connectivity index (χ3v) is 2.73. The number of hydrogen-bond acceptors (Lipinski definition) is 5. The van der Waals surface area contributed by atoms with Crippen LogP contribution >= 0.6 is 0 Å². The number of hydrogen-bond donors (Lipinski definition) is 1. The Kier molecular flexibility index (Phi) is 3.69. The van der Waals surface area contributed by atoms with Crippen LogP contribution in [0.4, 0.5) is 5.95 Å². The van der Waals surface area contributed by atoms with Crippen LogP contribution in [0.3, 0.4) is 0 Å². The van der Waals surface area contributed by atoms with Crippen molar-refractivity contribution in [3.63, 3.8) is 0 Å². The standard InChI is InChI=1S/C11H17N3O2/c1-9-2-4-12-11(13-9)14-5-7-16-8-10(14)3-6-15/h2,4,10,15H,3,5-8H2,1H3. The molecule has 1 unspecified atom stereocenters. The van der Waals surface area contributed by atoms with Gasteiger partial charge in [-0.05, 0) is 19.4 Å². The van der Waals surface area contributed by atoms with Crippen LogP contribution in [0.1, 0.15) is 12.1 Å². The lowest BCUT2D eigenvalue weighted by molar-refractivity contribution is 0.0841. The molecule has 0 aliphatic carbocycles. The molecule has 1 aliphatic heterocycles. The Morgan fingerprint density at radius 1 is 1.62 bits per heavy atom. The fourth-order valence-electron chi connectivity index (χ4n) is 1.88. The lowest BCUT2D eigenvalue weighted by Crippen LogP contribution is -2.46. The Morgan fingerprint density at radius 2 is 2.50 bits per heavy atom. The van der Waals surface area contributed by atoms with Crippen molar-refractivity contribution < 1.29 is 9.84 Å². The van der Waals surface area contributed by atoms with E-state index in [0.717, 1.165) is 18.2 Å². The highest BCUT2D eigenvalue weighted by molar-refractivity contribution is 5.32. The van der Waals surface area contributed by atoms with Gasteiger partial charge in [0.15, 0.2) is 0 Å². The molecule has 2 rings (SSSR count). The number of rotatable bonds is 3. The molecular formula is C11H17N3O2. The molecule has 5 nitrogen and oxygen atoms in total. The molecule has 0 saturated carbocycles. The van der Waals surface area contributed by atoms with Crippen LogP contribution < -0.4 is 4.90 Å². The summed E-state index contributed by atoms with van der Waals surface area (Å²) in [7, 11) is 0. The Balaban J connectivity index is 2.16. The van der Waals surface area contributed by atoms with Crippen LogP contribution in [-0.4, -0.2) is 47.5 Å². The second kappa shape index (κ2) is 5.23. The fraction of sp³-hybridized carbons (Fsp3) is 0.636. The highest BCUT2D eigenvalue weighted by Gasteiger charge is 2.24. The van der Waals surface area contributed by atoms with Gasteiger partial charge in [-0.1, -0.05) is 0 Å². The predicted octanol–water partition coefficient (Wildman–Crippen LogP) is 0.373. The number of aryl methyl sites for hydroxylation is 1. The van der Waals surface area contributed by atoms with Crippen molar-refractivity contribution in [3.05, 3.63) is 18.0 Å². The quantitative estimate of drug-likeness (QED) is 0.802. The lowest BCUT2D eigenvalue weighted by Gasteiger charge is -2.35. The van der Waals surface area contributed by atoms with E-state index in [1.807, 2.05) is 13.0 Å². The summed E-state index contributed by atoms with van der Waals surface area (Å²) >= 11 is 0. The second-order valence-electron chi connectivity index (χ2n) is 3.93. The van der Waals surface area contributed by atoms with Crippen LogP contribution in [0.25, 0.3) is 0 Å². The molecule has 88 valence electrons. The minimum Gasteiger partial charge on any atom is -0.396 e. The van der Waals surface area contributed by atoms with Crippen LogP contribution in [-0.2, 0) is 4.74 Å². The lowest BCUT2D eigenvalue weighted by atomic mass is 10.2. The normalized spacial score (nSPS) is 21.1. The van der Waals surface area contributed by atoms with Crippen molar-refractivity contribution in [2.75, 3.05) is 31.3 Å². The number of aliphatic hydroxyl groups is 1. The van der Waals surface area contributed by atoms with Crippen molar-refractivity contribution in [2.45, 2.75) is 19.4 Å². The third-order valence-electron chi connectivity index (χ3n) is 2.73. The molecule has 1 aromatic heterocycles. The maximum atomic E-state index is 9.01. The maximum Gasteiger partial charge on any atom is 0.225 e. The van der Waals surface area contributed by atoms with E-state index in [4.69, 9.17) is 9.84 Å². The smallest absolute Gasteiger partial charge is 0.225 e. The molecule has 0 aromatic carbocycles. The first-order chi connectivity index (χ1) is 7.81. The summed E-state index contributed by atoms with van der Waals surface area (Å²) in [5.74, 6) is 0.738. The van der Waals surface area contributed by atoms with Gasteiger partial charge in [-0.2, -0.15) is 0 Å². The molecule has 0 bridgehead atoms. The van der Waals surface area contributed by atoms with E-state index < -0.39 is 0 Å². The van der Waals surface area contributed by atoms with Crippen LogP contribution in [0.5, 0.6) is 0 Å². The van der Waals surface area contributed by atoms with Crippen LogP contribution in [0.15, 0.2) is 12.3 Å². The second-order valence-corrected chi connectivity index (χ2v) is 3.93. The zero-order chi connectivity index (χ0) is 11.4. The summed E-state index contributed by atoms with van der Waals surface area (Å²) in [6, 6.07) is 2.06. The monoisotopic (exact) mass is 223 g/mol. The van der Waals surface area contributed by atoms with Gasteiger partial charge in [0.05, 0.1) is 19.3 Å². The number of aliphatic hydroxyl groups excluding tert-OH is 1. The Bertz CT molecular complexity index is 344. The van der Waals surface area contributed by atoms with Crippen molar-refractivity contribution in [1.82, 2.24) is 9.97 Å². The van der Waals surface area contributed by atoms with Crippen molar-refractivity contribution in [2.24, 2.45) is 0 Å². The maximum absolute atomic E-state index is 9.01. The summed E-state index contributed by atoms with van der Waals surface area (Å²) in [4.78, 5) is 10.8. The fourth-order valence-corrected chi connectivity index (χ4v) is 1.88. The summed E-state index contributed by atoms with van der Waals surface area (Å²) in [5.41, 5.74) is 0.958. The van der Waals surface area contributed by atoms with E-state index in [1.54, 1.807) is 6.20 Å². The van der Waals surface area contributed by atoms with Gasteiger partial charge in [0.25, 0.3) is 0 Å². The molecule has 1 saturated heterocycles. The third kappa shape index (κ3) is 2.48. The molecule has 1 aliphatic rings. The highest BCUT2D eigenvalue weighted by Crippen LogP contribution is 2.16. The first-order valence-electron chi connectivity index (χ1n) is 5.56. The van der Waals surface area contributed by atoms with E-state index in [1.165, 1.54) is 0 Å².